The Kier molecular flexibility index (Phi) is 19.7. The third-order valence-corrected chi connectivity index (χ3v) is 9.54. The Morgan fingerprint density at radius 2 is 1.39 bits per heavy atom. The lowest BCUT2D eigenvalue weighted by atomic mass is 10.1. The number of nitrogens with zero attached hydrogens (tertiary/aromatic N) is 8. The Morgan fingerprint density at radius 3 is 1.94 bits per heavy atom. The number of ether oxygens (including phenoxy) is 2. The van der Waals surface area contributed by atoms with E-state index in [0.29, 0.717) is 53.8 Å². The molecule has 4 heterocycles. The SMILES string of the molecule is CC.CCn1nc(C)cc1C(=O)Nc1nc2cc(C(N)=O)cc(OC)c2n1C/C=C/Cn1c(NC)nc2cc(C)cc(OC(C)CC(C)NN)c21.CCn1nc(C)cc1C=O.NC=O. The van der Waals surface area contributed by atoms with Crippen molar-refractivity contribution in [2.75, 3.05) is 24.8 Å². The summed E-state index contributed by atoms with van der Waals surface area (Å²) >= 11 is 0. The van der Waals surface area contributed by atoms with Crippen LogP contribution in [-0.4, -0.2) is 89.5 Å². The highest BCUT2D eigenvalue weighted by molar-refractivity contribution is 6.04. The van der Waals surface area contributed by atoms with Crippen molar-refractivity contribution in [2.24, 2.45) is 17.3 Å². The zero-order valence-corrected chi connectivity index (χ0v) is 38.7. The predicted octanol–water partition coefficient (Wildman–Crippen LogP) is 5.04. The van der Waals surface area contributed by atoms with E-state index in [1.54, 1.807) is 33.6 Å². The van der Waals surface area contributed by atoms with E-state index in [9.17, 15) is 14.4 Å². The van der Waals surface area contributed by atoms with Crippen LogP contribution in [0.15, 0.2) is 48.6 Å². The van der Waals surface area contributed by atoms with Crippen LogP contribution in [0.5, 0.6) is 11.5 Å². The van der Waals surface area contributed by atoms with Gasteiger partial charge in [0.15, 0.2) is 6.29 Å². The van der Waals surface area contributed by atoms with Crippen molar-refractivity contribution in [3.8, 4) is 11.5 Å². The van der Waals surface area contributed by atoms with Crippen LogP contribution >= 0.6 is 0 Å². The molecule has 0 aliphatic carbocycles. The van der Waals surface area contributed by atoms with Gasteiger partial charge in [-0.15, -0.1) is 0 Å². The first-order valence-electron chi connectivity index (χ1n) is 21.0. The number of nitrogens with two attached hydrogens (primary N) is 3. The van der Waals surface area contributed by atoms with Gasteiger partial charge < -0.3 is 35.4 Å². The molecule has 9 N–H and O–H groups in total. The number of hydrazine groups is 1. The van der Waals surface area contributed by atoms with Crippen molar-refractivity contribution in [1.29, 1.82) is 0 Å². The topological polar surface area (TPSA) is 272 Å². The number of fused-ring (bicyclic) bond motifs is 2. The van der Waals surface area contributed by atoms with Gasteiger partial charge in [0.25, 0.3) is 5.91 Å². The van der Waals surface area contributed by atoms with Gasteiger partial charge in [0, 0.05) is 51.3 Å². The Labute approximate surface area is 373 Å². The Morgan fingerprint density at radius 1 is 0.828 bits per heavy atom. The number of amides is 3. The fourth-order valence-electron chi connectivity index (χ4n) is 6.86. The van der Waals surface area contributed by atoms with E-state index >= 15 is 0 Å². The maximum Gasteiger partial charge on any atom is 0.276 e. The molecule has 0 radical (unpaired) electrons. The molecule has 6 aromatic rings. The van der Waals surface area contributed by atoms with Gasteiger partial charge in [0.2, 0.25) is 24.2 Å². The molecule has 0 bridgehead atoms. The molecule has 0 saturated carbocycles. The molecular formula is C44H64N14O6. The van der Waals surface area contributed by atoms with Crippen LogP contribution in [0.25, 0.3) is 22.1 Å². The summed E-state index contributed by atoms with van der Waals surface area (Å²) in [6.45, 7) is 19.7. The van der Waals surface area contributed by atoms with Gasteiger partial charge >= 0.3 is 0 Å². The minimum absolute atomic E-state index is 0.0869. The van der Waals surface area contributed by atoms with Gasteiger partial charge in [-0.1, -0.05) is 26.0 Å². The number of nitrogens with one attached hydrogen (secondary N) is 3. The summed E-state index contributed by atoms with van der Waals surface area (Å²) in [5, 5.41) is 14.6. The summed E-state index contributed by atoms with van der Waals surface area (Å²) in [5.41, 5.74) is 19.2. The van der Waals surface area contributed by atoms with E-state index in [0.717, 1.165) is 53.0 Å². The van der Waals surface area contributed by atoms with Gasteiger partial charge in [0.1, 0.15) is 33.9 Å². The van der Waals surface area contributed by atoms with Gasteiger partial charge in [-0.05, 0) is 90.4 Å². The predicted molar refractivity (Wildman–Crippen MR) is 250 cm³/mol. The van der Waals surface area contributed by atoms with Gasteiger partial charge in [-0.25, -0.2) is 9.97 Å². The highest BCUT2D eigenvalue weighted by atomic mass is 16.5. The molecule has 2 atom stereocenters. The van der Waals surface area contributed by atoms with Crippen LogP contribution in [0.3, 0.4) is 0 Å². The van der Waals surface area contributed by atoms with E-state index < -0.39 is 5.91 Å². The standard InChI is InChI=1S/C34H45N11O4.C7H10N2O.C2H6.CH3NO/c1-8-45-26(16-21(4)42-45)32(47)40-34-39-25-17-23(31(35)46)18-27(48-7)29(25)44(34)12-10-9-11-43-30-24(38-33(43)37-6)13-19(2)14-28(30)49-22(5)15-20(3)41-36;1-3-9-7(5-10)4-6(2)8-9;1-2;2-1-3/h9-10,13-14,16-18,20,22,41H,8,11-12,15,36H2,1-7H3,(H2,35,46)(H,37,38)(H,39,40,47);4-5H,3H2,1-2H3;1-2H3;1H,(H2,2,3)/b10-9+;;;. The third kappa shape index (κ3) is 12.8. The first kappa shape index (κ1) is 51.3. The number of rotatable bonds is 17. The number of aldehydes is 1. The highest BCUT2D eigenvalue weighted by Crippen LogP contribution is 2.33. The van der Waals surface area contributed by atoms with E-state index in [-0.39, 0.29) is 36.0 Å². The molecule has 0 spiro atoms. The Bertz CT molecular complexity index is 2530. The number of carbonyl (C=O) groups excluding carboxylic acids is 4. The van der Waals surface area contributed by atoms with Crippen LogP contribution in [0, 0.1) is 20.8 Å². The number of methoxy groups -OCH3 is 1. The second-order valence-corrected chi connectivity index (χ2v) is 14.3. The largest absolute Gasteiger partial charge is 0.494 e. The number of imidazole rings is 2. The minimum Gasteiger partial charge on any atom is -0.494 e. The van der Waals surface area contributed by atoms with Gasteiger partial charge in [-0.3, -0.25) is 45.1 Å². The second kappa shape index (κ2) is 24.5. The third-order valence-electron chi connectivity index (χ3n) is 9.54. The molecule has 3 amide bonds. The van der Waals surface area contributed by atoms with Crippen molar-refractivity contribution in [1.82, 2.24) is 44.1 Å². The summed E-state index contributed by atoms with van der Waals surface area (Å²) in [6, 6.07) is 10.8. The molecule has 6 rings (SSSR count). The highest BCUT2D eigenvalue weighted by Gasteiger charge is 2.22. The number of hydrogen-bond acceptors (Lipinski definition) is 13. The quantitative estimate of drug-likeness (QED) is 0.0304. The fraction of sp³-hybridized carbons (Fsp3) is 0.409. The number of aromatic nitrogens is 8. The van der Waals surface area contributed by atoms with Crippen LogP contribution in [-0.2, 0) is 31.0 Å². The average molecular weight is 885 g/mol. The number of anilines is 2. The molecule has 4 aromatic heterocycles. The van der Waals surface area contributed by atoms with E-state index in [4.69, 9.17) is 30.8 Å². The molecule has 20 nitrogen and oxygen atoms in total. The number of aryl methyl sites for hydroxylation is 5. The Hall–Kier alpha value is -7.06. The lowest BCUT2D eigenvalue weighted by Crippen LogP contribution is -2.35. The van der Waals surface area contributed by atoms with Crippen molar-refractivity contribution < 1.29 is 28.7 Å². The van der Waals surface area contributed by atoms with E-state index in [1.165, 1.54) is 7.11 Å². The second-order valence-electron chi connectivity index (χ2n) is 14.3. The number of hydrogen-bond donors (Lipinski definition) is 6. The fourth-order valence-corrected chi connectivity index (χ4v) is 6.86. The van der Waals surface area contributed by atoms with Crippen LogP contribution in [0.1, 0.15) is 96.2 Å². The minimum atomic E-state index is -0.617. The molecule has 2 unspecified atom stereocenters. The molecule has 0 aliphatic heterocycles. The van der Waals surface area contributed by atoms with E-state index in [2.05, 4.69) is 41.5 Å². The molecule has 0 fully saturated rings. The van der Waals surface area contributed by atoms with Crippen LogP contribution in [0.4, 0.5) is 11.9 Å². The molecule has 64 heavy (non-hydrogen) atoms. The summed E-state index contributed by atoms with van der Waals surface area (Å²) < 4.78 is 19.3. The van der Waals surface area contributed by atoms with Gasteiger partial charge in [0.05, 0.1) is 35.6 Å². The monoisotopic (exact) mass is 885 g/mol. The number of primary amides is 2. The molecular weight excluding hydrogens is 821 g/mol. The summed E-state index contributed by atoms with van der Waals surface area (Å²) in [7, 11) is 3.34. The number of carbonyl (C=O) groups is 4. The van der Waals surface area contributed by atoms with Crippen molar-refractivity contribution in [3.63, 3.8) is 0 Å². The molecule has 346 valence electrons. The van der Waals surface area contributed by atoms with Crippen molar-refractivity contribution in [2.45, 2.75) is 107 Å². The lowest BCUT2D eigenvalue weighted by molar-refractivity contribution is -0.106. The van der Waals surface area contributed by atoms with Crippen molar-refractivity contribution in [3.05, 3.63) is 82.5 Å². The van der Waals surface area contributed by atoms with Crippen molar-refractivity contribution >= 4 is 58.5 Å². The smallest absolute Gasteiger partial charge is 0.276 e. The average Bonchev–Trinajstić information content (AvgIpc) is 4.04. The molecule has 0 aliphatic rings. The van der Waals surface area contributed by atoms with Gasteiger partial charge in [-0.2, -0.15) is 10.2 Å². The summed E-state index contributed by atoms with van der Waals surface area (Å²) in [6.07, 6.45) is 5.67. The van der Waals surface area contributed by atoms with Crippen LogP contribution < -0.4 is 42.8 Å². The maximum absolute atomic E-state index is 13.5. The first-order valence-corrected chi connectivity index (χ1v) is 21.0. The zero-order chi connectivity index (χ0) is 47.7. The Balaban J connectivity index is 0.000000622. The number of benzene rings is 2. The van der Waals surface area contributed by atoms with E-state index in [1.807, 2.05) is 98.2 Å². The number of allylic oxidation sites excluding steroid dienone is 2. The molecule has 2 aromatic carbocycles. The zero-order valence-electron chi connectivity index (χ0n) is 38.7. The summed E-state index contributed by atoms with van der Waals surface area (Å²) in [4.78, 5) is 54.0. The molecule has 20 heteroatoms. The molecule has 0 saturated heterocycles. The lowest BCUT2D eigenvalue weighted by Gasteiger charge is -2.20. The maximum atomic E-state index is 13.5. The summed E-state index contributed by atoms with van der Waals surface area (Å²) in [5.74, 6) is 6.73. The van der Waals surface area contributed by atoms with Crippen LogP contribution in [0.2, 0.25) is 0 Å². The normalized spacial score (nSPS) is 11.7. The first-order chi connectivity index (χ1) is 30.7.